The first kappa shape index (κ1) is 8.87. The molecule has 2 heterocycles. The minimum absolute atomic E-state index is 0.00278. The number of aromatic nitrogens is 3. The zero-order valence-corrected chi connectivity index (χ0v) is 8.19. The van der Waals surface area contributed by atoms with Crippen molar-refractivity contribution in [3.63, 3.8) is 0 Å². The molecule has 0 saturated heterocycles. The Labute approximate surface area is 81.2 Å². The molecule has 0 aliphatic carbocycles. The summed E-state index contributed by atoms with van der Waals surface area (Å²) < 4.78 is 1.59. The van der Waals surface area contributed by atoms with E-state index in [9.17, 15) is 4.79 Å². The van der Waals surface area contributed by atoms with E-state index in [0.717, 1.165) is 5.69 Å². The molecular weight excluding hydrogens is 178 g/mol. The van der Waals surface area contributed by atoms with Crippen molar-refractivity contribution in [1.82, 2.24) is 14.5 Å². The van der Waals surface area contributed by atoms with Crippen LogP contribution in [-0.4, -0.2) is 14.5 Å². The van der Waals surface area contributed by atoms with Crippen molar-refractivity contribution in [3.8, 4) is 0 Å². The average Bonchev–Trinajstić information content (AvgIpc) is 2.20. The fourth-order valence-electron chi connectivity index (χ4n) is 1.39. The molecule has 14 heavy (non-hydrogen) atoms. The molecule has 0 radical (unpaired) electrons. The maximum atomic E-state index is 11.8. The predicted octanol–water partition coefficient (Wildman–Crippen LogP) is 1.12. The zero-order chi connectivity index (χ0) is 10.1. The molecule has 2 rings (SSSR count). The molecule has 0 aromatic carbocycles. The monoisotopic (exact) mass is 189 g/mol. The largest absolute Gasteiger partial charge is 0.299 e. The molecule has 2 aromatic heterocycles. The maximum absolute atomic E-state index is 11.8. The Bertz CT molecular complexity index is 530. The topological polar surface area (TPSA) is 47.8 Å². The fourth-order valence-corrected chi connectivity index (χ4v) is 1.39. The Morgan fingerprint density at radius 1 is 1.43 bits per heavy atom. The van der Waals surface area contributed by atoms with Gasteiger partial charge >= 0.3 is 0 Å². The predicted molar refractivity (Wildman–Crippen MR) is 54.2 cm³/mol. The third-order valence-electron chi connectivity index (χ3n) is 2.19. The standard InChI is InChI=1S/C10H11N3O/c1-3-13-6-12-9-5-11-7(2)4-8(9)10(13)14/h4-6H,3H2,1-2H3. The Kier molecular flexibility index (Phi) is 2.04. The van der Waals surface area contributed by atoms with Gasteiger partial charge in [0.25, 0.3) is 5.56 Å². The molecule has 0 aliphatic heterocycles. The van der Waals surface area contributed by atoms with Crippen molar-refractivity contribution in [2.75, 3.05) is 0 Å². The number of nitrogens with zero attached hydrogens (tertiary/aromatic N) is 3. The highest BCUT2D eigenvalue weighted by atomic mass is 16.1. The first-order valence-corrected chi connectivity index (χ1v) is 4.54. The number of fused-ring (bicyclic) bond motifs is 1. The highest BCUT2D eigenvalue weighted by molar-refractivity contribution is 5.76. The van der Waals surface area contributed by atoms with Gasteiger partial charge in [0, 0.05) is 12.2 Å². The van der Waals surface area contributed by atoms with Gasteiger partial charge in [0.05, 0.1) is 23.4 Å². The molecule has 0 amide bonds. The molecule has 0 aliphatic rings. The molecule has 0 N–H and O–H groups in total. The van der Waals surface area contributed by atoms with Gasteiger partial charge in [-0.25, -0.2) is 4.98 Å². The van der Waals surface area contributed by atoms with Crippen LogP contribution >= 0.6 is 0 Å². The summed E-state index contributed by atoms with van der Waals surface area (Å²) in [5.74, 6) is 0. The molecule has 0 unspecified atom stereocenters. The summed E-state index contributed by atoms with van der Waals surface area (Å²) in [6, 6.07) is 1.77. The van der Waals surface area contributed by atoms with E-state index in [0.29, 0.717) is 17.4 Å². The van der Waals surface area contributed by atoms with Crippen LogP contribution in [0, 0.1) is 6.92 Å². The Morgan fingerprint density at radius 2 is 2.21 bits per heavy atom. The van der Waals surface area contributed by atoms with Gasteiger partial charge in [0.2, 0.25) is 0 Å². The first-order chi connectivity index (χ1) is 6.72. The molecule has 4 heteroatoms. The van der Waals surface area contributed by atoms with Crippen LogP contribution in [0.15, 0.2) is 23.4 Å². The van der Waals surface area contributed by atoms with Crippen molar-refractivity contribution in [2.24, 2.45) is 0 Å². The van der Waals surface area contributed by atoms with Gasteiger partial charge in [-0.2, -0.15) is 0 Å². The number of hydrogen-bond acceptors (Lipinski definition) is 3. The van der Waals surface area contributed by atoms with E-state index in [2.05, 4.69) is 9.97 Å². The third kappa shape index (κ3) is 1.28. The summed E-state index contributed by atoms with van der Waals surface area (Å²) in [7, 11) is 0. The Morgan fingerprint density at radius 3 is 2.93 bits per heavy atom. The Hall–Kier alpha value is -1.71. The quantitative estimate of drug-likeness (QED) is 0.675. The smallest absolute Gasteiger partial charge is 0.261 e. The zero-order valence-electron chi connectivity index (χ0n) is 8.19. The lowest BCUT2D eigenvalue weighted by Crippen LogP contribution is -2.19. The second kappa shape index (κ2) is 3.21. The van der Waals surface area contributed by atoms with Gasteiger partial charge in [-0.15, -0.1) is 0 Å². The van der Waals surface area contributed by atoms with Crippen LogP contribution in [0.25, 0.3) is 10.9 Å². The molecule has 0 saturated carbocycles. The first-order valence-electron chi connectivity index (χ1n) is 4.54. The van der Waals surface area contributed by atoms with Crippen LogP contribution in [0.5, 0.6) is 0 Å². The minimum Gasteiger partial charge on any atom is -0.299 e. The van der Waals surface area contributed by atoms with Crippen LogP contribution < -0.4 is 5.56 Å². The number of rotatable bonds is 1. The second-order valence-corrected chi connectivity index (χ2v) is 3.18. The van der Waals surface area contributed by atoms with Gasteiger partial charge in [0.15, 0.2) is 0 Å². The molecule has 4 nitrogen and oxygen atoms in total. The van der Waals surface area contributed by atoms with E-state index in [-0.39, 0.29) is 5.56 Å². The summed E-state index contributed by atoms with van der Waals surface area (Å²) in [5, 5.41) is 0.641. The molecule has 0 fully saturated rings. The fraction of sp³-hybridized carbons (Fsp3) is 0.300. The van der Waals surface area contributed by atoms with E-state index in [4.69, 9.17) is 0 Å². The van der Waals surface area contributed by atoms with Crippen LogP contribution in [0.4, 0.5) is 0 Å². The summed E-state index contributed by atoms with van der Waals surface area (Å²) in [5.41, 5.74) is 1.50. The van der Waals surface area contributed by atoms with Crippen molar-refractivity contribution in [1.29, 1.82) is 0 Å². The van der Waals surface area contributed by atoms with Crippen molar-refractivity contribution < 1.29 is 0 Å². The lowest BCUT2D eigenvalue weighted by atomic mass is 10.2. The normalized spacial score (nSPS) is 10.7. The molecule has 72 valence electrons. The van der Waals surface area contributed by atoms with Crippen LogP contribution in [-0.2, 0) is 6.54 Å². The molecule has 2 aromatic rings. The maximum Gasteiger partial charge on any atom is 0.261 e. The van der Waals surface area contributed by atoms with Gasteiger partial charge in [-0.05, 0) is 19.9 Å². The van der Waals surface area contributed by atoms with E-state index >= 15 is 0 Å². The van der Waals surface area contributed by atoms with E-state index in [1.807, 2.05) is 13.8 Å². The van der Waals surface area contributed by atoms with Crippen molar-refractivity contribution >= 4 is 10.9 Å². The summed E-state index contributed by atoms with van der Waals surface area (Å²) in [6.45, 7) is 4.42. The van der Waals surface area contributed by atoms with Crippen LogP contribution in [0.2, 0.25) is 0 Å². The van der Waals surface area contributed by atoms with Gasteiger partial charge < -0.3 is 0 Å². The van der Waals surface area contributed by atoms with E-state index in [1.54, 1.807) is 23.2 Å². The van der Waals surface area contributed by atoms with Crippen molar-refractivity contribution in [2.45, 2.75) is 20.4 Å². The Balaban J connectivity index is 2.87. The van der Waals surface area contributed by atoms with Crippen LogP contribution in [0.1, 0.15) is 12.6 Å². The second-order valence-electron chi connectivity index (χ2n) is 3.18. The van der Waals surface area contributed by atoms with Gasteiger partial charge in [0.1, 0.15) is 0 Å². The SMILES string of the molecule is CCn1cnc2cnc(C)cc2c1=O. The highest BCUT2D eigenvalue weighted by Gasteiger charge is 2.02. The summed E-state index contributed by atoms with van der Waals surface area (Å²) in [6.07, 6.45) is 3.19. The van der Waals surface area contributed by atoms with E-state index in [1.165, 1.54) is 0 Å². The lowest BCUT2D eigenvalue weighted by molar-refractivity contribution is 0.717. The van der Waals surface area contributed by atoms with E-state index < -0.39 is 0 Å². The van der Waals surface area contributed by atoms with Crippen molar-refractivity contribution in [3.05, 3.63) is 34.6 Å². The minimum atomic E-state index is 0.00278. The molecular formula is C10H11N3O. The van der Waals surface area contributed by atoms with Crippen LogP contribution in [0.3, 0.4) is 0 Å². The molecule has 0 spiro atoms. The van der Waals surface area contributed by atoms with Gasteiger partial charge in [-0.1, -0.05) is 0 Å². The highest BCUT2D eigenvalue weighted by Crippen LogP contribution is 2.05. The van der Waals surface area contributed by atoms with Gasteiger partial charge in [-0.3, -0.25) is 14.3 Å². The number of hydrogen-bond donors (Lipinski definition) is 0. The molecule has 0 bridgehead atoms. The lowest BCUT2D eigenvalue weighted by Gasteiger charge is -2.02. The molecule has 0 atom stereocenters. The number of pyridine rings is 1. The average molecular weight is 189 g/mol. The summed E-state index contributed by atoms with van der Waals surface area (Å²) >= 11 is 0. The number of aryl methyl sites for hydroxylation is 2. The third-order valence-corrected chi connectivity index (χ3v) is 2.19. The summed E-state index contributed by atoms with van der Waals surface area (Å²) in [4.78, 5) is 20.1.